The molecule has 0 spiro atoms. The van der Waals surface area contributed by atoms with E-state index in [9.17, 15) is 4.79 Å². The van der Waals surface area contributed by atoms with Gasteiger partial charge in [-0.05, 0) is 74.3 Å². The number of fused-ring (bicyclic) bond motifs is 1. The molecule has 0 aliphatic carbocycles. The molecule has 5 heteroatoms. The number of hydrogen-bond donors (Lipinski definition) is 0. The van der Waals surface area contributed by atoms with Gasteiger partial charge in [0.05, 0.1) is 11.0 Å². The van der Waals surface area contributed by atoms with Gasteiger partial charge in [0.2, 0.25) is 5.91 Å². The summed E-state index contributed by atoms with van der Waals surface area (Å²) in [7, 11) is 4.07. The minimum Gasteiger partial charge on any atom is -0.339 e. The molecule has 0 N–H and O–H groups in total. The van der Waals surface area contributed by atoms with E-state index in [0.717, 1.165) is 48.2 Å². The molecule has 0 unspecified atom stereocenters. The van der Waals surface area contributed by atoms with Crippen molar-refractivity contribution in [1.82, 2.24) is 19.4 Å². The molecule has 168 valence electrons. The van der Waals surface area contributed by atoms with Gasteiger partial charge in [-0.25, -0.2) is 4.98 Å². The number of carbonyl (C=O) groups is 1. The first-order chi connectivity index (χ1) is 15.2. The van der Waals surface area contributed by atoms with E-state index in [4.69, 9.17) is 4.98 Å². The summed E-state index contributed by atoms with van der Waals surface area (Å²) < 4.78 is 2.10. The van der Waals surface area contributed by atoms with Crippen molar-refractivity contribution in [2.24, 2.45) is 0 Å². The van der Waals surface area contributed by atoms with Crippen molar-refractivity contribution in [3.63, 3.8) is 0 Å². The van der Waals surface area contributed by atoms with E-state index in [0.29, 0.717) is 6.04 Å². The third-order valence-electron chi connectivity index (χ3n) is 6.56. The van der Waals surface area contributed by atoms with Gasteiger partial charge >= 0.3 is 0 Å². The molecular formula is C27H34N4O. The highest BCUT2D eigenvalue weighted by molar-refractivity contribution is 5.95. The maximum Gasteiger partial charge on any atom is 0.246 e. The molecule has 1 amide bonds. The van der Waals surface area contributed by atoms with Gasteiger partial charge in [0.15, 0.2) is 0 Å². The van der Waals surface area contributed by atoms with Crippen LogP contribution in [0.15, 0.2) is 54.9 Å². The van der Waals surface area contributed by atoms with Crippen molar-refractivity contribution < 1.29 is 4.79 Å². The Hall–Kier alpha value is -2.92. The Kier molecular flexibility index (Phi) is 6.20. The van der Waals surface area contributed by atoms with Crippen molar-refractivity contribution in [1.29, 1.82) is 0 Å². The van der Waals surface area contributed by atoms with Crippen molar-refractivity contribution in [2.45, 2.75) is 45.1 Å². The van der Waals surface area contributed by atoms with Crippen LogP contribution in [0.25, 0.3) is 22.8 Å². The quantitative estimate of drug-likeness (QED) is 0.554. The highest BCUT2D eigenvalue weighted by Crippen LogP contribution is 2.31. The maximum absolute atomic E-state index is 13.0. The van der Waals surface area contributed by atoms with Crippen molar-refractivity contribution in [2.75, 3.05) is 27.2 Å². The lowest BCUT2D eigenvalue weighted by atomic mass is 9.85. The van der Waals surface area contributed by atoms with Crippen molar-refractivity contribution in [3.05, 3.63) is 66.0 Å². The molecule has 1 aromatic heterocycles. The number of likely N-dealkylation sites (N-methyl/N-ethyl adjacent to an activating group) is 1. The fourth-order valence-corrected chi connectivity index (χ4v) is 4.36. The number of rotatable bonds is 4. The van der Waals surface area contributed by atoms with Crippen LogP contribution in [0.3, 0.4) is 0 Å². The van der Waals surface area contributed by atoms with Gasteiger partial charge in [0.25, 0.3) is 0 Å². The number of amides is 1. The Morgan fingerprint density at radius 1 is 1.12 bits per heavy atom. The lowest BCUT2D eigenvalue weighted by molar-refractivity contribution is -0.127. The number of hydrogen-bond acceptors (Lipinski definition) is 3. The number of likely N-dealkylation sites (tertiary alicyclic amines) is 1. The Morgan fingerprint density at radius 3 is 2.47 bits per heavy atom. The number of carbonyl (C=O) groups excluding carboxylic acids is 1. The van der Waals surface area contributed by atoms with Crippen molar-refractivity contribution >= 4 is 23.0 Å². The van der Waals surface area contributed by atoms with Gasteiger partial charge < -0.3 is 9.80 Å². The summed E-state index contributed by atoms with van der Waals surface area (Å²) >= 11 is 0. The summed E-state index contributed by atoms with van der Waals surface area (Å²) in [5, 5.41) is 0. The first-order valence-electron chi connectivity index (χ1n) is 11.4. The molecule has 1 aliphatic heterocycles. The maximum atomic E-state index is 13.0. The van der Waals surface area contributed by atoms with Gasteiger partial charge in [-0.15, -0.1) is 0 Å². The molecule has 4 rings (SSSR count). The monoisotopic (exact) mass is 430 g/mol. The van der Waals surface area contributed by atoms with Crippen LogP contribution in [-0.4, -0.2) is 58.5 Å². The van der Waals surface area contributed by atoms with E-state index in [-0.39, 0.29) is 11.3 Å². The fraction of sp³-hybridized carbons (Fsp3) is 0.407. The average molecular weight is 431 g/mol. The molecule has 1 aliphatic rings. The van der Waals surface area contributed by atoms with E-state index in [2.05, 4.69) is 61.6 Å². The van der Waals surface area contributed by atoms with Crippen LogP contribution >= 0.6 is 0 Å². The topological polar surface area (TPSA) is 41.4 Å². The number of aromatic nitrogens is 2. The predicted molar refractivity (Wildman–Crippen MR) is 132 cm³/mol. The lowest BCUT2D eigenvalue weighted by Crippen LogP contribution is -2.43. The summed E-state index contributed by atoms with van der Waals surface area (Å²) in [6, 6.07) is 14.9. The average Bonchev–Trinajstić information content (AvgIpc) is 3.21. The SMILES string of the molecule is CN1CCC(N(C)C(=O)C=Cc2cc(C(C)(C)C)cc3ncn(-c4ccccc4)c23)CC1. The highest BCUT2D eigenvalue weighted by Gasteiger charge is 2.23. The number of benzene rings is 2. The molecule has 0 radical (unpaired) electrons. The van der Waals surface area contributed by atoms with Crippen molar-refractivity contribution in [3.8, 4) is 5.69 Å². The molecule has 5 nitrogen and oxygen atoms in total. The molecule has 2 heterocycles. The minimum absolute atomic E-state index is 0.0117. The minimum atomic E-state index is -0.0117. The van der Waals surface area contributed by atoms with Gasteiger partial charge in [-0.1, -0.05) is 39.0 Å². The Morgan fingerprint density at radius 2 is 1.81 bits per heavy atom. The highest BCUT2D eigenvalue weighted by atomic mass is 16.2. The second-order valence-corrected chi connectivity index (χ2v) is 9.95. The number of para-hydroxylation sites is 1. The van der Waals surface area contributed by atoms with E-state index in [1.165, 1.54) is 5.56 Å². The third-order valence-corrected chi connectivity index (χ3v) is 6.56. The van der Waals surface area contributed by atoms with Crippen LogP contribution in [0, 0.1) is 0 Å². The van der Waals surface area contributed by atoms with E-state index in [1.807, 2.05) is 42.6 Å². The second kappa shape index (κ2) is 8.91. The molecule has 32 heavy (non-hydrogen) atoms. The number of piperidine rings is 1. The molecule has 0 saturated carbocycles. The smallest absolute Gasteiger partial charge is 0.246 e. The predicted octanol–water partition coefficient (Wildman–Crippen LogP) is 4.89. The summed E-state index contributed by atoms with van der Waals surface area (Å²) in [6.07, 6.45) is 7.61. The summed E-state index contributed by atoms with van der Waals surface area (Å²) in [4.78, 5) is 21.9. The lowest BCUT2D eigenvalue weighted by Gasteiger charge is -2.34. The summed E-state index contributed by atoms with van der Waals surface area (Å²) in [6.45, 7) is 8.69. The Labute approximate surface area is 191 Å². The second-order valence-electron chi connectivity index (χ2n) is 9.95. The molecule has 3 aromatic rings. The molecule has 1 fully saturated rings. The zero-order chi connectivity index (χ0) is 22.9. The van der Waals surface area contributed by atoms with Gasteiger partial charge in [-0.2, -0.15) is 0 Å². The number of nitrogens with zero attached hydrogens (tertiary/aromatic N) is 4. The van der Waals surface area contributed by atoms with Crippen LogP contribution in [0.2, 0.25) is 0 Å². The molecule has 2 aromatic carbocycles. The van der Waals surface area contributed by atoms with Crippen LogP contribution in [0.1, 0.15) is 44.7 Å². The fourth-order valence-electron chi connectivity index (χ4n) is 4.36. The number of imidazole rings is 1. The van der Waals surface area contributed by atoms with Gasteiger partial charge in [0, 0.05) is 30.4 Å². The van der Waals surface area contributed by atoms with E-state index in [1.54, 1.807) is 6.08 Å². The van der Waals surface area contributed by atoms with Crippen LogP contribution in [0.5, 0.6) is 0 Å². The van der Waals surface area contributed by atoms with Crippen LogP contribution in [0.4, 0.5) is 0 Å². The van der Waals surface area contributed by atoms with Gasteiger partial charge in [-0.3, -0.25) is 9.36 Å². The summed E-state index contributed by atoms with van der Waals surface area (Å²) in [5.74, 6) is 0.0552. The molecule has 1 saturated heterocycles. The third kappa shape index (κ3) is 4.63. The molecule has 0 atom stereocenters. The Bertz CT molecular complexity index is 1120. The normalized spacial score (nSPS) is 16.2. The molecular weight excluding hydrogens is 396 g/mol. The van der Waals surface area contributed by atoms with E-state index < -0.39 is 0 Å². The zero-order valence-electron chi connectivity index (χ0n) is 19.9. The standard InChI is InChI=1S/C27H34N4O/c1-27(2,3)21-17-20(11-12-25(32)30(5)22-13-15-29(4)16-14-22)26-24(18-21)28-19-31(26)23-9-7-6-8-10-23/h6-12,17-19,22H,13-16H2,1-5H3. The van der Waals surface area contributed by atoms with Crippen LogP contribution < -0.4 is 0 Å². The zero-order valence-corrected chi connectivity index (χ0v) is 19.9. The largest absolute Gasteiger partial charge is 0.339 e. The first-order valence-corrected chi connectivity index (χ1v) is 11.4. The van der Waals surface area contributed by atoms with E-state index >= 15 is 0 Å². The summed E-state index contributed by atoms with van der Waals surface area (Å²) in [5.41, 5.74) is 5.23. The first kappa shape index (κ1) is 22.3. The molecule has 0 bridgehead atoms. The van der Waals surface area contributed by atoms with Gasteiger partial charge in [0.1, 0.15) is 6.33 Å². The Balaban J connectivity index is 1.71. The van der Waals surface area contributed by atoms with Crippen LogP contribution in [-0.2, 0) is 10.2 Å².